The Morgan fingerprint density at radius 2 is 1.19 bits per heavy atom. The fourth-order valence-corrected chi connectivity index (χ4v) is 2.87. The molecule has 32 heavy (non-hydrogen) atoms. The van der Waals surface area contributed by atoms with Gasteiger partial charge in [-0.1, -0.05) is 51.0 Å². The number of rotatable bonds is 14. The van der Waals surface area contributed by atoms with E-state index in [1.165, 1.54) is 0 Å². The Labute approximate surface area is 189 Å². The van der Waals surface area contributed by atoms with Crippen LogP contribution in [0.25, 0.3) is 0 Å². The normalized spacial score (nSPS) is 10.6. The fraction of sp³-hybridized carbons (Fsp3) is 0.423. The van der Waals surface area contributed by atoms with E-state index in [0.29, 0.717) is 30.8 Å². The third kappa shape index (κ3) is 8.63. The average Bonchev–Trinajstić information content (AvgIpc) is 2.82. The van der Waals surface area contributed by atoms with Gasteiger partial charge in [-0.3, -0.25) is 4.79 Å². The summed E-state index contributed by atoms with van der Waals surface area (Å²) >= 11 is 0. The smallest absolute Gasteiger partial charge is 0.338 e. The maximum Gasteiger partial charge on any atom is 0.338 e. The van der Waals surface area contributed by atoms with E-state index < -0.39 is 11.9 Å². The quantitative estimate of drug-likeness (QED) is 0.223. The summed E-state index contributed by atoms with van der Waals surface area (Å²) in [5, 5.41) is 0. The SMILES string of the molecule is CCCCOC(=O)c1ccc(C(=O)OCCOCc2ccc(C(=O)CCCC)cc2)cc1. The average molecular weight is 441 g/mol. The molecule has 0 spiro atoms. The van der Waals surface area contributed by atoms with Gasteiger partial charge in [-0.2, -0.15) is 0 Å². The number of hydrogen-bond acceptors (Lipinski definition) is 6. The van der Waals surface area contributed by atoms with Gasteiger partial charge >= 0.3 is 11.9 Å². The Morgan fingerprint density at radius 1 is 0.656 bits per heavy atom. The molecule has 0 aliphatic heterocycles. The highest BCUT2D eigenvalue weighted by atomic mass is 16.6. The second kappa shape index (κ2) is 14.1. The van der Waals surface area contributed by atoms with Crippen molar-refractivity contribution >= 4 is 17.7 Å². The monoisotopic (exact) mass is 440 g/mol. The molecule has 0 heterocycles. The lowest BCUT2D eigenvalue weighted by atomic mass is 10.0. The number of benzene rings is 2. The summed E-state index contributed by atoms with van der Waals surface area (Å²) in [6.07, 6.45) is 4.25. The molecule has 2 aromatic rings. The lowest BCUT2D eigenvalue weighted by Crippen LogP contribution is -2.11. The number of ether oxygens (including phenoxy) is 3. The minimum atomic E-state index is -0.477. The standard InChI is InChI=1S/C26H32O6/c1-3-5-7-24(27)21-10-8-20(9-11-21)19-30-17-18-32-26(29)23-14-12-22(13-15-23)25(28)31-16-6-4-2/h8-15H,3-7,16-19H2,1-2H3. The lowest BCUT2D eigenvalue weighted by molar-refractivity contribution is 0.0288. The Morgan fingerprint density at radius 3 is 1.75 bits per heavy atom. The van der Waals surface area contributed by atoms with E-state index in [9.17, 15) is 14.4 Å². The molecule has 0 saturated heterocycles. The summed E-state index contributed by atoms with van der Waals surface area (Å²) in [6, 6.07) is 13.6. The van der Waals surface area contributed by atoms with Crippen LogP contribution >= 0.6 is 0 Å². The highest BCUT2D eigenvalue weighted by Gasteiger charge is 2.11. The molecule has 2 rings (SSSR count). The van der Waals surface area contributed by atoms with Crippen LogP contribution < -0.4 is 0 Å². The number of esters is 2. The summed E-state index contributed by atoms with van der Waals surface area (Å²) < 4.78 is 15.9. The van der Waals surface area contributed by atoms with E-state index in [0.717, 1.165) is 36.8 Å². The van der Waals surface area contributed by atoms with Crippen LogP contribution in [0, 0.1) is 0 Å². The first kappa shape index (κ1) is 25.3. The number of ketones is 1. The molecular weight excluding hydrogens is 408 g/mol. The molecule has 0 bridgehead atoms. The molecule has 172 valence electrons. The van der Waals surface area contributed by atoms with Crippen molar-refractivity contribution in [1.29, 1.82) is 0 Å². The molecule has 0 aliphatic carbocycles. The fourth-order valence-electron chi connectivity index (χ4n) is 2.87. The topological polar surface area (TPSA) is 78.9 Å². The summed E-state index contributed by atoms with van der Waals surface area (Å²) in [4.78, 5) is 36.0. The molecule has 0 amide bonds. The summed E-state index contributed by atoms with van der Waals surface area (Å²) in [7, 11) is 0. The van der Waals surface area contributed by atoms with E-state index in [4.69, 9.17) is 14.2 Å². The van der Waals surface area contributed by atoms with Crippen molar-refractivity contribution in [3.63, 3.8) is 0 Å². The van der Waals surface area contributed by atoms with Crippen molar-refractivity contribution in [2.45, 2.75) is 52.6 Å². The van der Waals surface area contributed by atoms with E-state index >= 15 is 0 Å². The van der Waals surface area contributed by atoms with Gasteiger partial charge < -0.3 is 14.2 Å². The predicted octanol–water partition coefficient (Wildman–Crippen LogP) is 5.39. The third-order valence-electron chi connectivity index (χ3n) is 4.85. The van der Waals surface area contributed by atoms with Gasteiger partial charge in [0.15, 0.2) is 5.78 Å². The molecule has 0 N–H and O–H groups in total. The molecule has 2 aromatic carbocycles. The van der Waals surface area contributed by atoms with Crippen molar-refractivity contribution in [3.05, 3.63) is 70.8 Å². The van der Waals surface area contributed by atoms with Crippen molar-refractivity contribution < 1.29 is 28.6 Å². The number of unbranched alkanes of at least 4 members (excludes halogenated alkanes) is 2. The predicted molar refractivity (Wildman–Crippen MR) is 122 cm³/mol. The summed E-state index contributed by atoms with van der Waals surface area (Å²) in [6.45, 7) is 5.22. The van der Waals surface area contributed by atoms with Crippen LogP contribution in [-0.2, 0) is 20.8 Å². The van der Waals surface area contributed by atoms with Crippen LogP contribution in [0.4, 0.5) is 0 Å². The minimum absolute atomic E-state index is 0.118. The second-order valence-electron chi connectivity index (χ2n) is 7.48. The van der Waals surface area contributed by atoms with Gasteiger partial charge in [0.25, 0.3) is 0 Å². The van der Waals surface area contributed by atoms with E-state index in [1.54, 1.807) is 24.3 Å². The first-order chi connectivity index (χ1) is 15.5. The highest BCUT2D eigenvalue weighted by molar-refractivity contribution is 5.96. The Balaban J connectivity index is 1.68. The van der Waals surface area contributed by atoms with Gasteiger partial charge in [0.2, 0.25) is 0 Å². The number of Topliss-reactive ketones (excluding diaryl/α,β-unsaturated/α-hetero) is 1. The lowest BCUT2D eigenvalue weighted by Gasteiger charge is -2.08. The number of carbonyl (C=O) groups excluding carboxylic acids is 3. The summed E-state index contributed by atoms with van der Waals surface area (Å²) in [5.74, 6) is -0.716. The first-order valence-corrected chi connectivity index (χ1v) is 11.2. The van der Waals surface area contributed by atoms with Crippen LogP contribution in [0.15, 0.2) is 48.5 Å². The highest BCUT2D eigenvalue weighted by Crippen LogP contribution is 2.11. The van der Waals surface area contributed by atoms with Gasteiger partial charge in [0.05, 0.1) is 30.9 Å². The number of carbonyl (C=O) groups is 3. The van der Waals surface area contributed by atoms with Crippen molar-refractivity contribution in [3.8, 4) is 0 Å². The molecule has 6 heteroatoms. The first-order valence-electron chi connectivity index (χ1n) is 11.2. The van der Waals surface area contributed by atoms with Gasteiger partial charge in [0.1, 0.15) is 6.61 Å². The van der Waals surface area contributed by atoms with E-state index in [1.807, 2.05) is 31.2 Å². The van der Waals surface area contributed by atoms with E-state index in [2.05, 4.69) is 6.92 Å². The van der Waals surface area contributed by atoms with Crippen LogP contribution in [0.5, 0.6) is 0 Å². The van der Waals surface area contributed by atoms with Gasteiger partial charge in [-0.25, -0.2) is 9.59 Å². The molecule has 0 radical (unpaired) electrons. The van der Waals surface area contributed by atoms with Gasteiger partial charge in [-0.05, 0) is 42.7 Å². The van der Waals surface area contributed by atoms with Crippen LogP contribution in [-0.4, -0.2) is 37.5 Å². The van der Waals surface area contributed by atoms with Crippen molar-refractivity contribution in [1.82, 2.24) is 0 Å². The van der Waals surface area contributed by atoms with Gasteiger partial charge in [-0.15, -0.1) is 0 Å². The molecular formula is C26H32O6. The van der Waals surface area contributed by atoms with Crippen LogP contribution in [0.2, 0.25) is 0 Å². The molecule has 0 aliphatic rings. The Bertz CT molecular complexity index is 855. The molecule has 0 unspecified atom stereocenters. The maximum absolute atomic E-state index is 12.1. The molecule has 6 nitrogen and oxygen atoms in total. The second-order valence-corrected chi connectivity index (χ2v) is 7.48. The molecule has 0 atom stereocenters. The van der Waals surface area contributed by atoms with Gasteiger partial charge in [0, 0.05) is 12.0 Å². The largest absolute Gasteiger partial charge is 0.462 e. The molecule has 0 fully saturated rings. The van der Waals surface area contributed by atoms with Crippen molar-refractivity contribution in [2.75, 3.05) is 19.8 Å². The van der Waals surface area contributed by atoms with Crippen molar-refractivity contribution in [2.24, 2.45) is 0 Å². The zero-order valence-electron chi connectivity index (χ0n) is 18.9. The Hall–Kier alpha value is -2.99. The maximum atomic E-state index is 12.1. The van der Waals surface area contributed by atoms with E-state index in [-0.39, 0.29) is 19.0 Å². The van der Waals surface area contributed by atoms with Crippen LogP contribution in [0.1, 0.15) is 82.6 Å². The molecule has 0 aromatic heterocycles. The minimum Gasteiger partial charge on any atom is -0.462 e. The zero-order chi connectivity index (χ0) is 23.2. The zero-order valence-corrected chi connectivity index (χ0v) is 18.9. The van der Waals surface area contributed by atoms with Crippen LogP contribution in [0.3, 0.4) is 0 Å². The third-order valence-corrected chi connectivity index (χ3v) is 4.85. The Kier molecular flexibility index (Phi) is 11.2. The summed E-state index contributed by atoms with van der Waals surface area (Å²) in [5.41, 5.74) is 2.43. The molecule has 0 saturated carbocycles. The number of hydrogen-bond donors (Lipinski definition) is 0.